The number of nitrogens with zero attached hydrogens (tertiary/aromatic N) is 3. The molecule has 0 radical (unpaired) electrons. The van der Waals surface area contributed by atoms with Crippen LogP contribution in [0.25, 0.3) is 0 Å². The summed E-state index contributed by atoms with van der Waals surface area (Å²) in [6, 6.07) is 8.15. The quantitative estimate of drug-likeness (QED) is 0.871. The second kappa shape index (κ2) is 6.94. The molecule has 1 aliphatic rings. The van der Waals surface area contributed by atoms with E-state index in [0.29, 0.717) is 0 Å². The van der Waals surface area contributed by atoms with E-state index < -0.39 is 10.0 Å². The molecule has 7 heteroatoms. The number of aromatic nitrogens is 2. The molecule has 6 nitrogen and oxygen atoms in total. The molecule has 2 heterocycles. The highest BCUT2D eigenvalue weighted by Gasteiger charge is 2.20. The average Bonchev–Trinajstić information content (AvgIpc) is 3.25. The Morgan fingerprint density at radius 1 is 1.21 bits per heavy atom. The Labute approximate surface area is 143 Å². The molecule has 3 rings (SSSR count). The minimum Gasteiger partial charge on any atom is -0.371 e. The molecule has 24 heavy (non-hydrogen) atoms. The van der Waals surface area contributed by atoms with Gasteiger partial charge in [0.05, 0.1) is 6.33 Å². The fraction of sp³-hybridized carbons (Fsp3) is 0.471. The van der Waals surface area contributed by atoms with Crippen molar-refractivity contribution in [3.05, 3.63) is 42.4 Å². The molecule has 0 bridgehead atoms. The van der Waals surface area contributed by atoms with Crippen molar-refractivity contribution in [3.8, 4) is 0 Å². The Hall–Kier alpha value is -1.86. The van der Waals surface area contributed by atoms with Crippen molar-refractivity contribution in [1.82, 2.24) is 14.3 Å². The lowest BCUT2D eigenvalue weighted by atomic mass is 10.1. The molecule has 2 aromatic rings. The molecule has 0 aliphatic carbocycles. The molecule has 1 aliphatic heterocycles. The molecule has 0 spiro atoms. The van der Waals surface area contributed by atoms with Crippen molar-refractivity contribution >= 4 is 15.7 Å². The van der Waals surface area contributed by atoms with Gasteiger partial charge in [0.25, 0.3) is 10.0 Å². The largest absolute Gasteiger partial charge is 0.371 e. The summed E-state index contributed by atoms with van der Waals surface area (Å²) in [5.74, 6) is 0. The maximum Gasteiger partial charge on any atom is 0.259 e. The van der Waals surface area contributed by atoms with Crippen LogP contribution in [0.5, 0.6) is 0 Å². The predicted molar refractivity (Wildman–Crippen MR) is 94.5 cm³/mol. The van der Waals surface area contributed by atoms with E-state index in [9.17, 15) is 8.42 Å². The van der Waals surface area contributed by atoms with Gasteiger partial charge in [-0.1, -0.05) is 18.2 Å². The molecular formula is C17H24N4O2S. The van der Waals surface area contributed by atoms with E-state index >= 15 is 0 Å². The normalized spacial score (nSPS) is 15.4. The van der Waals surface area contributed by atoms with Gasteiger partial charge in [-0.05, 0) is 38.3 Å². The highest BCUT2D eigenvalue weighted by atomic mass is 32.2. The van der Waals surface area contributed by atoms with Gasteiger partial charge in [-0.2, -0.15) is 0 Å². The molecule has 1 N–H and O–H groups in total. The SMILES string of the molecule is CC(C)n1cnc(S(=O)(=O)NCc2ccccc2N2CCCC2)c1. The first-order valence-corrected chi connectivity index (χ1v) is 9.82. The molecule has 1 aromatic heterocycles. The summed E-state index contributed by atoms with van der Waals surface area (Å²) in [5.41, 5.74) is 2.11. The third-order valence-electron chi connectivity index (χ3n) is 4.34. The minimum absolute atomic E-state index is 0.0647. The zero-order valence-electron chi connectivity index (χ0n) is 14.1. The van der Waals surface area contributed by atoms with Crippen molar-refractivity contribution < 1.29 is 8.42 Å². The number of sulfonamides is 1. The highest BCUT2D eigenvalue weighted by molar-refractivity contribution is 7.89. The van der Waals surface area contributed by atoms with Crippen molar-refractivity contribution in [2.24, 2.45) is 0 Å². The zero-order valence-corrected chi connectivity index (χ0v) is 15.0. The van der Waals surface area contributed by atoms with Gasteiger partial charge in [0.1, 0.15) is 0 Å². The third kappa shape index (κ3) is 3.62. The van der Waals surface area contributed by atoms with Crippen LogP contribution in [0.4, 0.5) is 5.69 Å². The second-order valence-electron chi connectivity index (χ2n) is 6.40. The smallest absolute Gasteiger partial charge is 0.259 e. The van der Waals surface area contributed by atoms with Crippen molar-refractivity contribution in [1.29, 1.82) is 0 Å². The summed E-state index contributed by atoms with van der Waals surface area (Å²) >= 11 is 0. The van der Waals surface area contributed by atoms with Gasteiger partial charge in [0.15, 0.2) is 5.03 Å². The van der Waals surface area contributed by atoms with Gasteiger partial charge >= 0.3 is 0 Å². The summed E-state index contributed by atoms with van der Waals surface area (Å²) in [6.07, 6.45) is 5.50. The summed E-state index contributed by atoms with van der Waals surface area (Å²) in [7, 11) is -3.61. The summed E-state index contributed by atoms with van der Waals surface area (Å²) in [4.78, 5) is 6.34. The van der Waals surface area contributed by atoms with E-state index in [1.165, 1.54) is 12.8 Å². The number of imidazole rings is 1. The molecule has 0 amide bonds. The minimum atomic E-state index is -3.61. The van der Waals surface area contributed by atoms with E-state index in [4.69, 9.17) is 0 Å². The Balaban J connectivity index is 1.75. The first-order valence-electron chi connectivity index (χ1n) is 8.33. The lowest BCUT2D eigenvalue weighted by Gasteiger charge is -2.21. The van der Waals surface area contributed by atoms with Crippen LogP contribution >= 0.6 is 0 Å². The molecule has 0 unspecified atom stereocenters. The standard InChI is InChI=1S/C17H24N4O2S/c1-14(2)21-12-17(18-13-21)24(22,23)19-11-15-7-3-4-8-16(15)20-9-5-6-10-20/h3-4,7-8,12-14,19H,5-6,9-11H2,1-2H3. The van der Waals surface area contributed by atoms with Crippen molar-refractivity contribution in [3.63, 3.8) is 0 Å². The number of hydrogen-bond acceptors (Lipinski definition) is 4. The Morgan fingerprint density at radius 2 is 1.92 bits per heavy atom. The van der Waals surface area contributed by atoms with Crippen LogP contribution in [-0.4, -0.2) is 31.1 Å². The molecule has 1 aromatic carbocycles. The van der Waals surface area contributed by atoms with E-state index in [-0.39, 0.29) is 17.6 Å². The van der Waals surface area contributed by atoms with Gasteiger partial charge in [-0.15, -0.1) is 0 Å². The number of benzene rings is 1. The second-order valence-corrected chi connectivity index (χ2v) is 8.11. The van der Waals surface area contributed by atoms with Crippen molar-refractivity contribution in [2.75, 3.05) is 18.0 Å². The number of para-hydroxylation sites is 1. The summed E-state index contributed by atoms with van der Waals surface area (Å²) in [6.45, 7) is 6.30. The van der Waals surface area contributed by atoms with Gasteiger partial charge in [-0.25, -0.2) is 18.1 Å². The molecule has 1 fully saturated rings. The highest BCUT2D eigenvalue weighted by Crippen LogP contribution is 2.24. The lowest BCUT2D eigenvalue weighted by molar-refractivity contribution is 0.576. The van der Waals surface area contributed by atoms with Gasteiger partial charge < -0.3 is 9.47 Å². The molecule has 0 saturated carbocycles. The number of rotatable bonds is 6. The molecule has 130 valence electrons. The third-order valence-corrected chi connectivity index (χ3v) is 5.63. The van der Waals surface area contributed by atoms with Crippen LogP contribution in [0.1, 0.15) is 38.3 Å². The summed E-state index contributed by atoms with van der Waals surface area (Å²) in [5, 5.41) is 0.0647. The van der Waals surface area contributed by atoms with Crippen LogP contribution in [0, 0.1) is 0 Å². The van der Waals surface area contributed by atoms with Crippen molar-refractivity contribution in [2.45, 2.75) is 44.3 Å². The predicted octanol–water partition coefficient (Wildman–Crippen LogP) is 2.54. The lowest BCUT2D eigenvalue weighted by Crippen LogP contribution is -2.26. The van der Waals surface area contributed by atoms with E-state index in [1.807, 2.05) is 32.0 Å². The fourth-order valence-corrected chi connectivity index (χ4v) is 3.85. The Morgan fingerprint density at radius 3 is 2.58 bits per heavy atom. The van der Waals surface area contributed by atoms with E-state index in [1.54, 1.807) is 17.1 Å². The Kier molecular flexibility index (Phi) is 4.91. The molecule has 1 saturated heterocycles. The van der Waals surface area contributed by atoms with Crippen LogP contribution in [0.2, 0.25) is 0 Å². The van der Waals surface area contributed by atoms with Gasteiger partial charge in [-0.3, -0.25) is 0 Å². The van der Waals surface area contributed by atoms with Crippen LogP contribution in [0.3, 0.4) is 0 Å². The maximum absolute atomic E-state index is 12.5. The van der Waals surface area contributed by atoms with E-state index in [2.05, 4.69) is 20.7 Å². The van der Waals surface area contributed by atoms with Crippen LogP contribution < -0.4 is 9.62 Å². The monoisotopic (exact) mass is 348 g/mol. The average molecular weight is 348 g/mol. The van der Waals surface area contributed by atoms with Crippen LogP contribution in [-0.2, 0) is 16.6 Å². The topological polar surface area (TPSA) is 67.2 Å². The number of hydrogen-bond donors (Lipinski definition) is 1. The fourth-order valence-electron chi connectivity index (χ4n) is 2.91. The first kappa shape index (κ1) is 17.0. The number of nitrogens with one attached hydrogen (secondary N) is 1. The number of anilines is 1. The Bertz CT molecular complexity index is 792. The zero-order chi connectivity index (χ0) is 17.2. The molecular weight excluding hydrogens is 324 g/mol. The van der Waals surface area contributed by atoms with Gasteiger partial charge in [0.2, 0.25) is 0 Å². The molecule has 0 atom stereocenters. The van der Waals surface area contributed by atoms with E-state index in [0.717, 1.165) is 24.3 Å². The maximum atomic E-state index is 12.5. The first-order chi connectivity index (χ1) is 11.5. The van der Waals surface area contributed by atoms with Crippen LogP contribution in [0.15, 0.2) is 41.8 Å². The van der Waals surface area contributed by atoms with Gasteiger partial charge in [0, 0.05) is 37.6 Å². The summed E-state index contributed by atoms with van der Waals surface area (Å²) < 4.78 is 29.4.